The number of nitrogens with one attached hydrogen (secondary N) is 1. The number of aromatic nitrogens is 1. The number of methoxy groups -OCH3 is 1. The van der Waals surface area contributed by atoms with Crippen molar-refractivity contribution in [3.05, 3.63) is 23.9 Å². The van der Waals surface area contributed by atoms with Gasteiger partial charge in [0, 0.05) is 71.9 Å². The second-order valence-corrected chi connectivity index (χ2v) is 7.39. The summed E-state index contributed by atoms with van der Waals surface area (Å²) in [5, 5.41) is 3.53. The van der Waals surface area contributed by atoms with Crippen molar-refractivity contribution in [3.8, 4) is 0 Å². The Balaban J connectivity index is 1.48. The molecule has 0 aliphatic carbocycles. The summed E-state index contributed by atoms with van der Waals surface area (Å²) >= 11 is 0. The first-order valence-corrected chi connectivity index (χ1v) is 10.6. The minimum absolute atomic E-state index is 0.340. The lowest BCUT2D eigenvalue weighted by Crippen LogP contribution is -2.47. The van der Waals surface area contributed by atoms with E-state index in [9.17, 15) is 0 Å². The van der Waals surface area contributed by atoms with Gasteiger partial charge in [0.2, 0.25) is 0 Å². The van der Waals surface area contributed by atoms with Gasteiger partial charge in [-0.1, -0.05) is 6.07 Å². The predicted molar refractivity (Wildman–Crippen MR) is 115 cm³/mol. The van der Waals surface area contributed by atoms with Crippen LogP contribution in [0.4, 0.5) is 5.82 Å². The third-order valence-electron chi connectivity index (χ3n) is 5.41. The highest BCUT2D eigenvalue weighted by molar-refractivity contribution is 5.80. The number of rotatable bonds is 8. The predicted octanol–water partition coefficient (Wildman–Crippen LogP) is 1.51. The number of ether oxygens (including phenoxy) is 3. The molecule has 29 heavy (non-hydrogen) atoms. The fraction of sp³-hybridized carbons (Fsp3) is 0.714. The topological polar surface area (TPSA) is 71.5 Å². The van der Waals surface area contributed by atoms with Crippen LogP contribution in [0.25, 0.3) is 0 Å². The molecule has 0 bridgehead atoms. The number of morpholine rings is 1. The van der Waals surface area contributed by atoms with E-state index >= 15 is 0 Å². The number of aliphatic imine (C=N–C) groups is 1. The van der Waals surface area contributed by atoms with E-state index in [4.69, 9.17) is 14.2 Å². The number of piperidine rings is 1. The normalized spacial score (nSPS) is 18.9. The number of nitrogens with zero attached hydrogens (tertiary/aromatic N) is 4. The van der Waals surface area contributed by atoms with Gasteiger partial charge < -0.3 is 29.3 Å². The molecule has 0 aromatic carbocycles. The number of hydrogen-bond acceptors (Lipinski definition) is 6. The van der Waals surface area contributed by atoms with Crippen LogP contribution >= 0.6 is 0 Å². The van der Waals surface area contributed by atoms with Crippen molar-refractivity contribution in [3.63, 3.8) is 0 Å². The van der Waals surface area contributed by atoms with E-state index in [1.165, 1.54) is 5.56 Å². The molecule has 2 saturated heterocycles. The first kappa shape index (κ1) is 21.8. The van der Waals surface area contributed by atoms with E-state index < -0.39 is 0 Å². The molecule has 0 spiro atoms. The lowest BCUT2D eigenvalue weighted by Gasteiger charge is -2.34. The van der Waals surface area contributed by atoms with Gasteiger partial charge in [0.05, 0.1) is 19.3 Å². The molecule has 0 amide bonds. The fourth-order valence-electron chi connectivity index (χ4n) is 3.82. The number of likely N-dealkylation sites (tertiary alicyclic amines) is 1. The zero-order valence-electron chi connectivity index (χ0n) is 17.8. The van der Waals surface area contributed by atoms with Crippen molar-refractivity contribution in [2.24, 2.45) is 4.99 Å². The molecule has 3 rings (SSSR count). The Morgan fingerprint density at radius 2 is 2.03 bits per heavy atom. The maximum absolute atomic E-state index is 5.97. The maximum Gasteiger partial charge on any atom is 0.193 e. The van der Waals surface area contributed by atoms with E-state index in [1.54, 1.807) is 7.11 Å². The Morgan fingerprint density at radius 1 is 1.24 bits per heavy atom. The van der Waals surface area contributed by atoms with E-state index in [2.05, 4.69) is 31.2 Å². The van der Waals surface area contributed by atoms with Gasteiger partial charge in [-0.2, -0.15) is 0 Å². The minimum atomic E-state index is 0.340. The molecule has 0 unspecified atom stereocenters. The molecular weight excluding hydrogens is 370 g/mol. The van der Waals surface area contributed by atoms with Crippen LogP contribution in [0.1, 0.15) is 24.8 Å². The summed E-state index contributed by atoms with van der Waals surface area (Å²) in [6.45, 7) is 7.44. The molecular formula is C21H35N5O3. The van der Waals surface area contributed by atoms with Crippen molar-refractivity contribution in [2.75, 3.05) is 71.7 Å². The molecule has 2 fully saturated rings. The number of hydrogen-bond donors (Lipinski definition) is 1. The molecule has 0 saturated carbocycles. The third kappa shape index (κ3) is 6.55. The number of pyridine rings is 1. The van der Waals surface area contributed by atoms with Crippen molar-refractivity contribution < 1.29 is 14.2 Å². The minimum Gasteiger partial charge on any atom is -0.385 e. The molecule has 1 N–H and O–H groups in total. The highest BCUT2D eigenvalue weighted by Crippen LogP contribution is 2.19. The van der Waals surface area contributed by atoms with Crippen LogP contribution in [-0.2, 0) is 20.8 Å². The van der Waals surface area contributed by atoms with Crippen LogP contribution in [0, 0.1) is 0 Å². The third-order valence-corrected chi connectivity index (χ3v) is 5.41. The first-order chi connectivity index (χ1) is 14.3. The Labute approximate surface area is 174 Å². The molecule has 3 heterocycles. The lowest BCUT2D eigenvalue weighted by atomic mass is 10.1. The smallest absolute Gasteiger partial charge is 0.193 e. The van der Waals surface area contributed by atoms with Crippen molar-refractivity contribution in [1.82, 2.24) is 15.2 Å². The zero-order valence-corrected chi connectivity index (χ0v) is 17.8. The van der Waals surface area contributed by atoms with Gasteiger partial charge in [-0.15, -0.1) is 0 Å². The van der Waals surface area contributed by atoms with Gasteiger partial charge in [0.25, 0.3) is 0 Å². The summed E-state index contributed by atoms with van der Waals surface area (Å²) in [6.07, 6.45) is 5.21. The average molecular weight is 406 g/mol. The van der Waals surface area contributed by atoms with E-state index in [1.807, 2.05) is 19.3 Å². The van der Waals surface area contributed by atoms with Gasteiger partial charge in [-0.05, 0) is 25.3 Å². The second-order valence-electron chi connectivity index (χ2n) is 7.39. The fourth-order valence-corrected chi connectivity index (χ4v) is 3.82. The summed E-state index contributed by atoms with van der Waals surface area (Å²) in [6, 6.07) is 4.13. The van der Waals surface area contributed by atoms with Gasteiger partial charge in [0.1, 0.15) is 5.82 Å². The molecule has 2 aliphatic rings. The SMILES string of the molecule is CN=C(NCc1cccnc1N1CCOCC1)N1CCC(OCCCOC)CC1. The number of anilines is 1. The van der Waals surface area contributed by atoms with Crippen molar-refractivity contribution in [2.45, 2.75) is 31.9 Å². The number of guanidine groups is 1. The van der Waals surface area contributed by atoms with Crippen molar-refractivity contribution in [1.29, 1.82) is 0 Å². The van der Waals surface area contributed by atoms with Crippen LogP contribution in [-0.4, -0.2) is 88.7 Å². The zero-order chi connectivity index (χ0) is 20.3. The van der Waals surface area contributed by atoms with Gasteiger partial charge >= 0.3 is 0 Å². The summed E-state index contributed by atoms with van der Waals surface area (Å²) in [5.41, 5.74) is 1.19. The van der Waals surface area contributed by atoms with Gasteiger partial charge in [-0.25, -0.2) is 4.98 Å². The monoisotopic (exact) mass is 405 g/mol. The summed E-state index contributed by atoms with van der Waals surface area (Å²) in [4.78, 5) is 13.7. The molecule has 162 valence electrons. The largest absolute Gasteiger partial charge is 0.385 e. The van der Waals surface area contributed by atoms with Crippen LogP contribution in [0.2, 0.25) is 0 Å². The van der Waals surface area contributed by atoms with E-state index in [0.29, 0.717) is 12.6 Å². The van der Waals surface area contributed by atoms with Crippen molar-refractivity contribution >= 4 is 11.8 Å². The Kier molecular flexibility index (Phi) is 8.98. The standard InChI is InChI=1S/C21H35N5O3/c1-22-21(26-9-6-19(7-10-26)29-14-4-13-27-2)24-17-18-5-3-8-23-20(18)25-11-15-28-16-12-25/h3,5,8,19H,4,6-7,9-17H2,1-2H3,(H,22,24). The average Bonchev–Trinajstić information content (AvgIpc) is 2.79. The molecule has 1 aromatic rings. The highest BCUT2D eigenvalue weighted by atomic mass is 16.5. The van der Waals surface area contributed by atoms with Gasteiger partial charge in [-0.3, -0.25) is 4.99 Å². The lowest BCUT2D eigenvalue weighted by molar-refractivity contribution is 0.00989. The van der Waals surface area contributed by atoms with Crippen LogP contribution in [0.3, 0.4) is 0 Å². The maximum atomic E-state index is 5.97. The summed E-state index contributed by atoms with van der Waals surface area (Å²) in [5.74, 6) is 1.99. The Hall–Kier alpha value is -1.90. The quantitative estimate of drug-likeness (QED) is 0.399. The van der Waals surface area contributed by atoms with Crippen LogP contribution in [0.5, 0.6) is 0 Å². The summed E-state index contributed by atoms with van der Waals surface area (Å²) in [7, 11) is 3.58. The molecule has 2 aliphatic heterocycles. The Bertz CT molecular complexity index is 628. The second kappa shape index (κ2) is 11.9. The Morgan fingerprint density at radius 3 is 2.76 bits per heavy atom. The van der Waals surface area contributed by atoms with E-state index in [0.717, 1.165) is 83.6 Å². The van der Waals surface area contributed by atoms with Crippen LogP contribution < -0.4 is 10.2 Å². The highest BCUT2D eigenvalue weighted by Gasteiger charge is 2.22. The molecule has 8 heteroatoms. The van der Waals surface area contributed by atoms with Gasteiger partial charge in [0.15, 0.2) is 5.96 Å². The summed E-state index contributed by atoms with van der Waals surface area (Å²) < 4.78 is 16.5. The van der Waals surface area contributed by atoms with E-state index in [-0.39, 0.29) is 0 Å². The molecule has 0 radical (unpaired) electrons. The molecule has 0 atom stereocenters. The van der Waals surface area contributed by atoms with Crippen LogP contribution in [0.15, 0.2) is 23.3 Å². The first-order valence-electron chi connectivity index (χ1n) is 10.6. The molecule has 8 nitrogen and oxygen atoms in total. The molecule has 1 aromatic heterocycles.